The molecule has 10 nitrogen and oxygen atoms in total. The summed E-state index contributed by atoms with van der Waals surface area (Å²) in [5.41, 5.74) is 0.982. The zero-order valence-electron chi connectivity index (χ0n) is 13.8. The lowest BCUT2D eigenvalue weighted by Gasteiger charge is -2.30. The average Bonchev–Trinajstić information content (AvgIpc) is 2.66. The standard InChI is InChI=1S/C16H16N3O7P/c17-19-13-9-5-4-8-12(13)18-14(15(19)20)26-27(22,23)25-10-24-16(21)11-6-2-1-3-7-11/h1-9,15,20H,10,17H2,(H,22,23). The number of hydrazine groups is 1. The molecule has 0 bridgehead atoms. The molecule has 2 aromatic carbocycles. The number of nitrogens with two attached hydrogens (primary N) is 1. The van der Waals surface area contributed by atoms with Crippen LogP contribution in [0.1, 0.15) is 10.4 Å². The molecule has 2 unspecified atom stereocenters. The summed E-state index contributed by atoms with van der Waals surface area (Å²) in [5.74, 6) is 4.47. The lowest BCUT2D eigenvalue weighted by atomic mass is 10.2. The smallest absolute Gasteiger partial charge is 0.434 e. The number of ether oxygens (including phenoxy) is 1. The van der Waals surface area contributed by atoms with Crippen LogP contribution in [0.5, 0.6) is 0 Å². The predicted molar refractivity (Wildman–Crippen MR) is 94.9 cm³/mol. The molecule has 1 heterocycles. The van der Waals surface area contributed by atoms with Crippen LogP contribution in [0.15, 0.2) is 59.6 Å². The first kappa shape index (κ1) is 19.0. The molecule has 2 atom stereocenters. The summed E-state index contributed by atoms with van der Waals surface area (Å²) in [7, 11) is -4.73. The summed E-state index contributed by atoms with van der Waals surface area (Å²) in [6, 6.07) is 14.6. The van der Waals surface area contributed by atoms with Gasteiger partial charge >= 0.3 is 13.8 Å². The van der Waals surface area contributed by atoms with E-state index in [1.165, 1.54) is 12.1 Å². The van der Waals surface area contributed by atoms with Crippen molar-refractivity contribution in [1.82, 2.24) is 0 Å². The summed E-state index contributed by atoms with van der Waals surface area (Å²) in [5, 5.41) is 11.0. The van der Waals surface area contributed by atoms with Crippen molar-refractivity contribution in [2.45, 2.75) is 6.23 Å². The highest BCUT2D eigenvalue weighted by molar-refractivity contribution is 7.48. The molecule has 0 fully saturated rings. The number of para-hydroxylation sites is 2. The summed E-state index contributed by atoms with van der Waals surface area (Å²) in [6.45, 7) is -0.839. The normalized spacial score (nSPS) is 18.1. The van der Waals surface area contributed by atoms with E-state index in [0.717, 1.165) is 5.01 Å². The van der Waals surface area contributed by atoms with Gasteiger partial charge in [0, 0.05) is 0 Å². The molecule has 0 amide bonds. The molecule has 0 aliphatic carbocycles. The summed E-state index contributed by atoms with van der Waals surface area (Å²) in [6.07, 6.45) is -1.60. The Labute approximate surface area is 154 Å². The Bertz CT molecular complexity index is 906. The van der Waals surface area contributed by atoms with Gasteiger partial charge in [-0.2, -0.15) is 0 Å². The molecule has 1 aliphatic rings. The first-order valence-corrected chi connectivity index (χ1v) is 9.16. The molecule has 1 aliphatic heterocycles. The second-order valence-electron chi connectivity index (χ2n) is 5.32. The molecule has 0 spiro atoms. The molecule has 0 saturated heterocycles. The lowest BCUT2D eigenvalue weighted by molar-refractivity contribution is 0.00636. The minimum absolute atomic E-state index is 0.247. The fraction of sp³-hybridized carbons (Fsp3) is 0.125. The Hall–Kier alpha value is -2.75. The van der Waals surface area contributed by atoms with E-state index in [4.69, 9.17) is 15.1 Å². The molecule has 2 aromatic rings. The number of esters is 1. The molecule has 27 heavy (non-hydrogen) atoms. The molecular formula is C16H16N3O7P. The van der Waals surface area contributed by atoms with Crippen molar-refractivity contribution in [1.29, 1.82) is 0 Å². The van der Waals surface area contributed by atoms with Crippen molar-refractivity contribution < 1.29 is 33.1 Å². The Kier molecular flexibility index (Phi) is 5.54. The number of fused-ring (bicyclic) bond motifs is 1. The minimum Gasteiger partial charge on any atom is -0.434 e. The number of nitrogens with zero attached hydrogens (tertiary/aromatic N) is 2. The summed E-state index contributed by atoms with van der Waals surface area (Å²) < 4.78 is 26.2. The van der Waals surface area contributed by atoms with Gasteiger partial charge in [-0.25, -0.2) is 24.7 Å². The number of aliphatic imine (C=N–C) groups is 1. The first-order valence-electron chi connectivity index (χ1n) is 7.66. The van der Waals surface area contributed by atoms with Gasteiger partial charge in [-0.15, -0.1) is 0 Å². The number of aliphatic hydroxyl groups excluding tert-OH is 1. The molecular weight excluding hydrogens is 377 g/mol. The number of phosphoric ester groups is 1. The fourth-order valence-corrected chi connectivity index (χ4v) is 2.83. The predicted octanol–water partition coefficient (Wildman–Crippen LogP) is 1.68. The highest BCUT2D eigenvalue weighted by atomic mass is 31.2. The Morgan fingerprint density at radius 1 is 1.19 bits per heavy atom. The Balaban J connectivity index is 1.62. The SMILES string of the molecule is NN1c2ccccc2N=C(OP(=O)(O)OCOC(=O)c2ccccc2)C1O. The van der Waals surface area contributed by atoms with Crippen molar-refractivity contribution in [3.8, 4) is 0 Å². The summed E-state index contributed by atoms with van der Waals surface area (Å²) >= 11 is 0. The molecule has 3 rings (SSSR count). The van der Waals surface area contributed by atoms with Gasteiger partial charge in [0.25, 0.3) is 5.90 Å². The van der Waals surface area contributed by atoms with Gasteiger partial charge in [-0.05, 0) is 24.3 Å². The van der Waals surface area contributed by atoms with Crippen LogP contribution in [0.4, 0.5) is 11.4 Å². The van der Waals surface area contributed by atoms with Crippen molar-refractivity contribution in [3.63, 3.8) is 0 Å². The quantitative estimate of drug-likeness (QED) is 0.299. The van der Waals surface area contributed by atoms with Gasteiger partial charge in [0.05, 0.1) is 16.9 Å². The molecule has 142 valence electrons. The second kappa shape index (κ2) is 7.87. The number of carbonyl (C=O) groups excluding carboxylic acids is 1. The van der Waals surface area contributed by atoms with E-state index < -0.39 is 32.7 Å². The highest BCUT2D eigenvalue weighted by Crippen LogP contribution is 2.45. The summed E-state index contributed by atoms with van der Waals surface area (Å²) in [4.78, 5) is 25.5. The van der Waals surface area contributed by atoms with Crippen LogP contribution < -0.4 is 10.9 Å². The van der Waals surface area contributed by atoms with E-state index in [2.05, 4.69) is 9.52 Å². The molecule has 0 aromatic heterocycles. The van der Waals surface area contributed by atoms with Crippen LogP contribution in [-0.4, -0.2) is 34.9 Å². The Morgan fingerprint density at radius 3 is 2.59 bits per heavy atom. The molecule has 0 radical (unpaired) electrons. The van der Waals surface area contributed by atoms with Crippen LogP contribution in [-0.2, 0) is 18.3 Å². The monoisotopic (exact) mass is 393 g/mol. The first-order chi connectivity index (χ1) is 12.9. The third-order valence-electron chi connectivity index (χ3n) is 3.50. The van der Waals surface area contributed by atoms with E-state index in [-0.39, 0.29) is 5.56 Å². The maximum atomic E-state index is 12.0. The average molecular weight is 393 g/mol. The lowest BCUT2D eigenvalue weighted by Crippen LogP contribution is -2.48. The Morgan fingerprint density at radius 2 is 1.85 bits per heavy atom. The van der Waals surface area contributed by atoms with E-state index in [9.17, 15) is 19.4 Å². The van der Waals surface area contributed by atoms with E-state index in [0.29, 0.717) is 11.4 Å². The van der Waals surface area contributed by atoms with E-state index in [1.54, 1.807) is 42.5 Å². The zero-order chi connectivity index (χ0) is 19.4. The second-order valence-corrected chi connectivity index (χ2v) is 6.70. The number of benzene rings is 2. The van der Waals surface area contributed by atoms with E-state index in [1.807, 2.05) is 0 Å². The number of phosphoric acid groups is 1. The maximum absolute atomic E-state index is 12.0. The van der Waals surface area contributed by atoms with Gasteiger partial charge in [-0.3, -0.25) is 9.90 Å². The number of hydrogen-bond donors (Lipinski definition) is 3. The third kappa shape index (κ3) is 4.51. The number of hydrogen-bond acceptors (Lipinski definition) is 9. The third-order valence-corrected chi connectivity index (χ3v) is 4.35. The van der Waals surface area contributed by atoms with Crippen LogP contribution in [0.3, 0.4) is 0 Å². The number of anilines is 1. The van der Waals surface area contributed by atoms with Gasteiger partial charge in [0.15, 0.2) is 0 Å². The zero-order valence-corrected chi connectivity index (χ0v) is 14.7. The van der Waals surface area contributed by atoms with Gasteiger partial charge in [0.2, 0.25) is 13.0 Å². The molecule has 0 saturated carbocycles. The van der Waals surface area contributed by atoms with Crippen molar-refractivity contribution >= 4 is 31.1 Å². The maximum Gasteiger partial charge on any atom is 0.531 e. The van der Waals surface area contributed by atoms with Crippen molar-refractivity contribution in [2.75, 3.05) is 11.8 Å². The topological polar surface area (TPSA) is 144 Å². The molecule has 11 heteroatoms. The number of carbonyl (C=O) groups is 1. The van der Waals surface area contributed by atoms with Gasteiger partial charge < -0.3 is 14.4 Å². The van der Waals surface area contributed by atoms with Crippen molar-refractivity contribution in [2.24, 2.45) is 10.8 Å². The highest BCUT2D eigenvalue weighted by Gasteiger charge is 2.34. The minimum atomic E-state index is -4.73. The van der Waals surface area contributed by atoms with Crippen LogP contribution in [0, 0.1) is 0 Å². The van der Waals surface area contributed by atoms with Gasteiger partial charge in [-0.1, -0.05) is 30.3 Å². The van der Waals surface area contributed by atoms with Crippen molar-refractivity contribution in [3.05, 3.63) is 60.2 Å². The fourth-order valence-electron chi connectivity index (χ4n) is 2.22. The number of aliphatic hydroxyl groups is 1. The van der Waals surface area contributed by atoms with Crippen LogP contribution in [0.25, 0.3) is 0 Å². The van der Waals surface area contributed by atoms with Crippen LogP contribution in [0.2, 0.25) is 0 Å². The van der Waals surface area contributed by atoms with E-state index >= 15 is 0 Å². The largest absolute Gasteiger partial charge is 0.531 e. The van der Waals surface area contributed by atoms with Crippen LogP contribution >= 0.6 is 7.82 Å². The number of rotatable bonds is 5. The molecule has 4 N–H and O–H groups in total. The van der Waals surface area contributed by atoms with Gasteiger partial charge in [0.1, 0.15) is 0 Å².